The number of pyridine rings is 2. The lowest BCUT2D eigenvalue weighted by Crippen LogP contribution is -2.10. The summed E-state index contributed by atoms with van der Waals surface area (Å²) in [4.78, 5) is 8.16. The molecule has 0 atom stereocenters. The maximum atomic E-state index is 12.5. The zero-order valence-electron chi connectivity index (χ0n) is 11.8. The van der Waals surface area contributed by atoms with Crippen LogP contribution in [-0.2, 0) is 12.6 Å². The predicted octanol–water partition coefficient (Wildman–Crippen LogP) is 4.06. The Kier molecular flexibility index (Phi) is 4.12. The number of alkyl halides is 3. The molecule has 3 heterocycles. The van der Waals surface area contributed by atoms with E-state index < -0.39 is 11.7 Å². The SMILES string of the molecule is FC(F)(F)c1cnc(NCCc2cn3ccccc3n2)c(Cl)c1. The highest BCUT2D eigenvalue weighted by atomic mass is 35.5. The third kappa shape index (κ3) is 3.56. The molecule has 0 fully saturated rings. The zero-order chi connectivity index (χ0) is 16.4. The first-order valence-corrected chi connectivity index (χ1v) is 7.20. The molecule has 4 nitrogen and oxygen atoms in total. The molecule has 0 aliphatic rings. The number of halogens is 4. The maximum Gasteiger partial charge on any atom is 0.417 e. The van der Waals surface area contributed by atoms with E-state index in [0.29, 0.717) is 13.0 Å². The highest BCUT2D eigenvalue weighted by molar-refractivity contribution is 6.32. The minimum Gasteiger partial charge on any atom is -0.368 e. The summed E-state index contributed by atoms with van der Waals surface area (Å²) in [5.74, 6) is 0.225. The first kappa shape index (κ1) is 15.6. The molecule has 0 bridgehead atoms. The summed E-state index contributed by atoms with van der Waals surface area (Å²) in [6.45, 7) is 0.460. The average molecular weight is 341 g/mol. The number of anilines is 1. The second-order valence-corrected chi connectivity index (χ2v) is 5.33. The minimum absolute atomic E-state index is 0.0603. The molecule has 0 amide bonds. The second-order valence-electron chi connectivity index (χ2n) is 4.93. The molecule has 0 saturated carbocycles. The maximum absolute atomic E-state index is 12.5. The molecular weight excluding hydrogens is 329 g/mol. The van der Waals surface area contributed by atoms with E-state index in [-0.39, 0.29) is 10.8 Å². The number of fused-ring (bicyclic) bond motifs is 1. The Balaban J connectivity index is 1.64. The largest absolute Gasteiger partial charge is 0.417 e. The van der Waals surface area contributed by atoms with E-state index in [0.717, 1.165) is 23.6 Å². The van der Waals surface area contributed by atoms with Gasteiger partial charge in [-0.3, -0.25) is 0 Å². The number of hydrogen-bond acceptors (Lipinski definition) is 3. The number of aromatic nitrogens is 3. The molecule has 0 aliphatic carbocycles. The highest BCUT2D eigenvalue weighted by Gasteiger charge is 2.31. The van der Waals surface area contributed by atoms with E-state index in [1.165, 1.54) is 0 Å². The Labute approximate surface area is 134 Å². The van der Waals surface area contributed by atoms with Crippen LogP contribution in [0.2, 0.25) is 5.02 Å². The Morgan fingerprint density at radius 2 is 2.09 bits per heavy atom. The van der Waals surface area contributed by atoms with Crippen molar-refractivity contribution in [2.24, 2.45) is 0 Å². The molecule has 3 aromatic rings. The highest BCUT2D eigenvalue weighted by Crippen LogP contribution is 2.32. The van der Waals surface area contributed by atoms with Crippen LogP contribution in [0.1, 0.15) is 11.3 Å². The first-order chi connectivity index (χ1) is 10.9. The zero-order valence-corrected chi connectivity index (χ0v) is 12.6. The van der Waals surface area contributed by atoms with E-state index in [1.54, 1.807) is 0 Å². The molecule has 23 heavy (non-hydrogen) atoms. The quantitative estimate of drug-likeness (QED) is 0.779. The summed E-state index contributed by atoms with van der Waals surface area (Å²) in [6.07, 6.45) is 0.706. The van der Waals surface area contributed by atoms with Crippen molar-refractivity contribution in [1.29, 1.82) is 0 Å². The van der Waals surface area contributed by atoms with E-state index in [9.17, 15) is 13.2 Å². The lowest BCUT2D eigenvalue weighted by atomic mass is 10.2. The lowest BCUT2D eigenvalue weighted by Gasteiger charge is -2.10. The average Bonchev–Trinajstić information content (AvgIpc) is 2.90. The van der Waals surface area contributed by atoms with Gasteiger partial charge in [0.25, 0.3) is 0 Å². The second kappa shape index (κ2) is 6.08. The summed E-state index contributed by atoms with van der Waals surface area (Å²) in [6, 6.07) is 6.56. The normalized spacial score (nSPS) is 11.8. The van der Waals surface area contributed by atoms with Crippen LogP contribution in [0, 0.1) is 0 Å². The monoisotopic (exact) mass is 340 g/mol. The van der Waals surface area contributed by atoms with E-state index in [2.05, 4.69) is 15.3 Å². The topological polar surface area (TPSA) is 42.2 Å². The number of rotatable bonds is 4. The van der Waals surface area contributed by atoms with Gasteiger partial charge in [0.1, 0.15) is 11.5 Å². The van der Waals surface area contributed by atoms with Crippen LogP contribution in [0.5, 0.6) is 0 Å². The molecular formula is C15H12ClF3N4. The van der Waals surface area contributed by atoms with Crippen molar-refractivity contribution in [3.05, 3.63) is 59.1 Å². The lowest BCUT2D eigenvalue weighted by molar-refractivity contribution is -0.137. The Bertz CT molecular complexity index is 796. The number of nitrogens with zero attached hydrogens (tertiary/aromatic N) is 3. The smallest absolute Gasteiger partial charge is 0.368 e. The van der Waals surface area contributed by atoms with E-state index in [4.69, 9.17) is 11.6 Å². The van der Waals surface area contributed by atoms with Crippen LogP contribution in [0.3, 0.4) is 0 Å². The molecule has 1 N–H and O–H groups in total. The number of imidazole rings is 1. The van der Waals surface area contributed by atoms with Crippen LogP contribution in [0.25, 0.3) is 5.65 Å². The third-order valence-electron chi connectivity index (χ3n) is 3.26. The number of hydrogen-bond donors (Lipinski definition) is 1. The van der Waals surface area contributed by atoms with Gasteiger partial charge >= 0.3 is 6.18 Å². The predicted molar refractivity (Wildman–Crippen MR) is 81.6 cm³/mol. The van der Waals surface area contributed by atoms with Crippen LogP contribution < -0.4 is 5.32 Å². The van der Waals surface area contributed by atoms with Crippen molar-refractivity contribution in [3.8, 4) is 0 Å². The molecule has 0 radical (unpaired) electrons. The van der Waals surface area contributed by atoms with Gasteiger partial charge in [-0.1, -0.05) is 17.7 Å². The Hall–Kier alpha value is -2.28. The number of nitrogens with one attached hydrogen (secondary N) is 1. The van der Waals surface area contributed by atoms with Gasteiger partial charge in [0.05, 0.1) is 16.3 Å². The van der Waals surface area contributed by atoms with E-state index in [1.807, 2.05) is 35.0 Å². The minimum atomic E-state index is -4.45. The first-order valence-electron chi connectivity index (χ1n) is 6.83. The van der Waals surface area contributed by atoms with Gasteiger partial charge in [-0.2, -0.15) is 13.2 Å². The summed E-state index contributed by atoms with van der Waals surface area (Å²) in [5, 5.41) is 2.86. The molecule has 120 valence electrons. The van der Waals surface area contributed by atoms with Crippen molar-refractivity contribution in [2.45, 2.75) is 12.6 Å². The Morgan fingerprint density at radius 1 is 1.26 bits per heavy atom. The van der Waals surface area contributed by atoms with Gasteiger partial charge in [0, 0.05) is 31.6 Å². The van der Waals surface area contributed by atoms with Crippen LogP contribution in [0.4, 0.5) is 19.0 Å². The third-order valence-corrected chi connectivity index (χ3v) is 3.54. The van der Waals surface area contributed by atoms with Crippen LogP contribution in [0.15, 0.2) is 42.9 Å². The summed E-state index contributed by atoms with van der Waals surface area (Å²) >= 11 is 5.84. The fourth-order valence-electron chi connectivity index (χ4n) is 2.14. The van der Waals surface area contributed by atoms with Crippen molar-refractivity contribution in [3.63, 3.8) is 0 Å². The van der Waals surface area contributed by atoms with Gasteiger partial charge < -0.3 is 9.72 Å². The van der Waals surface area contributed by atoms with Gasteiger partial charge in [-0.25, -0.2) is 9.97 Å². The molecule has 8 heteroatoms. The Morgan fingerprint density at radius 3 is 2.78 bits per heavy atom. The van der Waals surface area contributed by atoms with Gasteiger partial charge in [-0.15, -0.1) is 0 Å². The molecule has 0 saturated heterocycles. The summed E-state index contributed by atoms with van der Waals surface area (Å²) in [5.41, 5.74) is 0.841. The fraction of sp³-hybridized carbons (Fsp3) is 0.200. The van der Waals surface area contributed by atoms with Crippen LogP contribution in [-0.4, -0.2) is 20.9 Å². The molecule has 0 aromatic carbocycles. The molecule has 3 aromatic heterocycles. The summed E-state index contributed by atoms with van der Waals surface area (Å²) < 4.78 is 39.5. The van der Waals surface area contributed by atoms with Crippen molar-refractivity contribution in [2.75, 3.05) is 11.9 Å². The molecule has 0 spiro atoms. The standard InChI is InChI=1S/C15H12ClF3N4/c16-12-7-10(15(17,18)19)8-21-14(12)20-5-4-11-9-23-6-2-1-3-13(23)22-11/h1-3,6-9H,4-5H2,(H,20,21). The van der Waals surface area contributed by atoms with Gasteiger partial charge in [0.15, 0.2) is 0 Å². The van der Waals surface area contributed by atoms with Gasteiger partial charge in [-0.05, 0) is 18.2 Å². The van der Waals surface area contributed by atoms with Crippen molar-refractivity contribution >= 4 is 23.1 Å². The fourth-order valence-corrected chi connectivity index (χ4v) is 2.37. The molecule has 3 rings (SSSR count). The molecule has 0 aliphatic heterocycles. The van der Waals surface area contributed by atoms with Crippen LogP contribution >= 0.6 is 11.6 Å². The summed E-state index contributed by atoms with van der Waals surface area (Å²) in [7, 11) is 0. The van der Waals surface area contributed by atoms with Crippen molar-refractivity contribution in [1.82, 2.24) is 14.4 Å². The van der Waals surface area contributed by atoms with E-state index >= 15 is 0 Å². The van der Waals surface area contributed by atoms with Gasteiger partial charge in [0.2, 0.25) is 0 Å². The molecule has 0 unspecified atom stereocenters. The van der Waals surface area contributed by atoms with Crippen molar-refractivity contribution < 1.29 is 13.2 Å².